The molecule has 0 radical (unpaired) electrons. The van der Waals surface area contributed by atoms with E-state index in [-0.39, 0.29) is 0 Å². The summed E-state index contributed by atoms with van der Waals surface area (Å²) in [6, 6.07) is 0. The molecule has 0 aliphatic heterocycles. The first kappa shape index (κ1) is 11.9. The number of fused-ring (bicyclic) bond motifs is 1. The van der Waals surface area contributed by atoms with E-state index in [0.717, 1.165) is 25.7 Å². The van der Waals surface area contributed by atoms with Crippen molar-refractivity contribution < 1.29 is 5.11 Å². The first-order valence-electron chi connectivity index (χ1n) is 6.54. The quantitative estimate of drug-likeness (QED) is 0.712. The fraction of sp³-hybridized carbons (Fsp3) is 0.733. The fourth-order valence-electron chi connectivity index (χ4n) is 3.13. The van der Waals surface area contributed by atoms with E-state index in [1.54, 1.807) is 0 Å². The summed E-state index contributed by atoms with van der Waals surface area (Å²) in [4.78, 5) is 0. The normalized spacial score (nSPS) is 35.1. The Bertz CT molecular complexity index is 344. The third kappa shape index (κ3) is 1.98. The lowest BCUT2D eigenvalue weighted by Gasteiger charge is -2.30. The van der Waals surface area contributed by atoms with Crippen molar-refractivity contribution in [1.29, 1.82) is 0 Å². The Morgan fingerprint density at radius 1 is 1.38 bits per heavy atom. The van der Waals surface area contributed by atoms with Crippen LogP contribution in [0.4, 0.5) is 0 Å². The molecule has 2 rings (SSSR count). The summed E-state index contributed by atoms with van der Waals surface area (Å²) in [5.41, 5.74) is 3.94. The van der Waals surface area contributed by atoms with E-state index in [1.807, 2.05) is 6.92 Å². The Kier molecular flexibility index (Phi) is 3.00. The Labute approximate surface area is 99.3 Å². The Hall–Kier alpha value is -0.560. The zero-order valence-corrected chi connectivity index (χ0v) is 11.0. The van der Waals surface area contributed by atoms with Crippen LogP contribution >= 0.6 is 0 Å². The van der Waals surface area contributed by atoms with Gasteiger partial charge in [0, 0.05) is 5.92 Å². The number of rotatable bonds is 1. The van der Waals surface area contributed by atoms with Gasteiger partial charge in [-0.2, -0.15) is 0 Å². The van der Waals surface area contributed by atoms with Crippen molar-refractivity contribution in [2.24, 2.45) is 11.8 Å². The highest BCUT2D eigenvalue weighted by molar-refractivity contribution is 5.38. The van der Waals surface area contributed by atoms with Crippen LogP contribution in [-0.2, 0) is 0 Å². The zero-order valence-electron chi connectivity index (χ0n) is 11.0. The van der Waals surface area contributed by atoms with Crippen LogP contribution < -0.4 is 0 Å². The summed E-state index contributed by atoms with van der Waals surface area (Å²) >= 11 is 0. The maximum Gasteiger partial charge on any atom is 0.0691 e. The molecule has 0 fully saturated rings. The van der Waals surface area contributed by atoms with Crippen molar-refractivity contribution in [3.8, 4) is 0 Å². The van der Waals surface area contributed by atoms with Crippen LogP contribution in [0, 0.1) is 11.8 Å². The molecule has 0 aromatic rings. The minimum atomic E-state index is -0.500. The molecule has 16 heavy (non-hydrogen) atoms. The minimum absolute atomic E-state index is 0.378. The summed E-state index contributed by atoms with van der Waals surface area (Å²) in [5, 5.41) is 10.6. The largest absolute Gasteiger partial charge is 0.390 e. The van der Waals surface area contributed by atoms with Crippen molar-refractivity contribution in [2.75, 3.05) is 0 Å². The molecule has 0 saturated carbocycles. The van der Waals surface area contributed by atoms with Gasteiger partial charge in [-0.15, -0.1) is 0 Å². The van der Waals surface area contributed by atoms with Crippen LogP contribution in [-0.4, -0.2) is 10.7 Å². The molecule has 2 aliphatic carbocycles. The second kappa shape index (κ2) is 4.03. The van der Waals surface area contributed by atoms with Crippen molar-refractivity contribution in [1.82, 2.24) is 0 Å². The standard InChI is InChI=1S/C15H24O/c1-10(2)12-7-8-15(4,16)14-6-5-11(3)13(14)9-12/h9-10,14,16H,5-8H2,1-4H3. The SMILES string of the molecule is CC1=C2C=C(C(C)C)CCC(C)(O)C2CC1. The molecular weight excluding hydrogens is 196 g/mol. The lowest BCUT2D eigenvalue weighted by atomic mass is 9.82. The van der Waals surface area contributed by atoms with E-state index >= 15 is 0 Å². The summed E-state index contributed by atoms with van der Waals surface area (Å²) in [6.07, 6.45) is 6.66. The van der Waals surface area contributed by atoms with Crippen molar-refractivity contribution in [3.05, 3.63) is 22.8 Å². The van der Waals surface area contributed by atoms with Crippen LogP contribution in [0.25, 0.3) is 0 Å². The molecule has 1 nitrogen and oxygen atoms in total. The minimum Gasteiger partial charge on any atom is -0.390 e. The third-order valence-electron chi connectivity index (χ3n) is 4.43. The highest BCUT2D eigenvalue weighted by Crippen LogP contribution is 2.45. The maximum absolute atomic E-state index is 10.6. The Morgan fingerprint density at radius 2 is 2.06 bits per heavy atom. The van der Waals surface area contributed by atoms with E-state index in [2.05, 4.69) is 26.8 Å². The van der Waals surface area contributed by atoms with Crippen LogP contribution in [0.5, 0.6) is 0 Å². The molecule has 2 aliphatic rings. The smallest absolute Gasteiger partial charge is 0.0691 e. The summed E-state index contributed by atoms with van der Waals surface area (Å²) in [7, 11) is 0. The van der Waals surface area contributed by atoms with E-state index in [9.17, 15) is 5.11 Å². The molecular formula is C15H24O. The van der Waals surface area contributed by atoms with Gasteiger partial charge in [-0.25, -0.2) is 0 Å². The first-order valence-corrected chi connectivity index (χ1v) is 6.54. The van der Waals surface area contributed by atoms with E-state index < -0.39 is 5.60 Å². The molecule has 1 N–H and O–H groups in total. The van der Waals surface area contributed by atoms with E-state index in [1.165, 1.54) is 16.7 Å². The van der Waals surface area contributed by atoms with Gasteiger partial charge in [-0.1, -0.05) is 31.1 Å². The fourth-order valence-corrected chi connectivity index (χ4v) is 3.13. The van der Waals surface area contributed by atoms with Gasteiger partial charge < -0.3 is 5.11 Å². The monoisotopic (exact) mass is 220 g/mol. The molecule has 0 amide bonds. The van der Waals surface area contributed by atoms with E-state index in [0.29, 0.717) is 11.8 Å². The number of allylic oxidation sites excluding steroid dienone is 3. The van der Waals surface area contributed by atoms with Crippen LogP contribution in [0.1, 0.15) is 53.4 Å². The van der Waals surface area contributed by atoms with Crippen molar-refractivity contribution >= 4 is 0 Å². The average molecular weight is 220 g/mol. The molecule has 2 atom stereocenters. The molecule has 0 aromatic heterocycles. The van der Waals surface area contributed by atoms with E-state index in [4.69, 9.17) is 0 Å². The second-order valence-corrected chi connectivity index (χ2v) is 6.06. The predicted octanol–water partition coefficient (Wildman–Crippen LogP) is 3.84. The van der Waals surface area contributed by atoms with Gasteiger partial charge in [0.15, 0.2) is 0 Å². The molecule has 1 heteroatoms. The van der Waals surface area contributed by atoms with Gasteiger partial charge in [-0.3, -0.25) is 0 Å². The predicted molar refractivity (Wildman–Crippen MR) is 68.2 cm³/mol. The zero-order chi connectivity index (χ0) is 11.9. The Morgan fingerprint density at radius 3 is 2.69 bits per heavy atom. The summed E-state index contributed by atoms with van der Waals surface area (Å²) < 4.78 is 0. The molecule has 0 saturated heterocycles. The third-order valence-corrected chi connectivity index (χ3v) is 4.43. The van der Waals surface area contributed by atoms with Gasteiger partial charge in [-0.05, 0) is 51.0 Å². The highest BCUT2D eigenvalue weighted by Gasteiger charge is 2.39. The maximum atomic E-state index is 10.6. The van der Waals surface area contributed by atoms with Crippen molar-refractivity contribution in [3.63, 3.8) is 0 Å². The van der Waals surface area contributed by atoms with Gasteiger partial charge in [0.1, 0.15) is 0 Å². The molecule has 90 valence electrons. The summed E-state index contributed by atoms with van der Waals surface area (Å²) in [5.74, 6) is 0.985. The van der Waals surface area contributed by atoms with Crippen LogP contribution in [0.15, 0.2) is 22.8 Å². The molecule has 0 bridgehead atoms. The lowest BCUT2D eigenvalue weighted by Crippen LogP contribution is -2.33. The van der Waals surface area contributed by atoms with Gasteiger partial charge in [0.25, 0.3) is 0 Å². The van der Waals surface area contributed by atoms with Gasteiger partial charge >= 0.3 is 0 Å². The van der Waals surface area contributed by atoms with Crippen LogP contribution in [0.2, 0.25) is 0 Å². The number of hydrogen-bond donors (Lipinski definition) is 1. The number of aliphatic hydroxyl groups is 1. The molecule has 0 spiro atoms. The second-order valence-electron chi connectivity index (χ2n) is 6.06. The topological polar surface area (TPSA) is 20.2 Å². The van der Waals surface area contributed by atoms with Crippen LogP contribution in [0.3, 0.4) is 0 Å². The number of hydrogen-bond acceptors (Lipinski definition) is 1. The molecule has 2 unspecified atom stereocenters. The van der Waals surface area contributed by atoms with Gasteiger partial charge in [0.05, 0.1) is 5.60 Å². The lowest BCUT2D eigenvalue weighted by molar-refractivity contribution is 0.00856. The first-order chi connectivity index (χ1) is 7.42. The highest BCUT2D eigenvalue weighted by atomic mass is 16.3. The average Bonchev–Trinajstić information content (AvgIpc) is 2.47. The Balaban J connectivity index is 2.40. The molecule has 0 aromatic carbocycles. The summed E-state index contributed by atoms with van der Waals surface area (Å²) in [6.45, 7) is 8.76. The molecule has 0 heterocycles. The van der Waals surface area contributed by atoms with Gasteiger partial charge in [0.2, 0.25) is 0 Å². The van der Waals surface area contributed by atoms with Crippen molar-refractivity contribution in [2.45, 2.75) is 59.0 Å².